The van der Waals surface area contributed by atoms with Gasteiger partial charge >= 0.3 is 17.9 Å². The normalized spacial score (nSPS) is 27.1. The average molecular weight is 1140 g/mol. The first-order chi connectivity index (χ1) is 33.6. The maximum Gasteiger partial charge on any atom is 0.338 e. The monoisotopic (exact) mass is 1140 g/mol. The van der Waals surface area contributed by atoms with Crippen LogP contribution in [0.25, 0.3) is 0 Å². The molecule has 0 spiro atoms. The van der Waals surface area contributed by atoms with Crippen LogP contribution >= 0.6 is 69.6 Å². The molecule has 0 aromatic heterocycles. The molecule has 72 heavy (non-hydrogen) atoms. The first-order valence-electron chi connectivity index (χ1n) is 22.4. The summed E-state index contributed by atoms with van der Waals surface area (Å²) in [5.41, 5.74) is 0.652. The van der Waals surface area contributed by atoms with Crippen LogP contribution in [0.4, 0.5) is 0 Å². The molecule has 0 radical (unpaired) electrons. The van der Waals surface area contributed by atoms with Gasteiger partial charge in [-0.15, -0.1) is 0 Å². The summed E-state index contributed by atoms with van der Waals surface area (Å²) in [6.45, 7) is 13.7. The van der Waals surface area contributed by atoms with E-state index in [4.69, 9.17) is 127 Å². The molecule has 5 unspecified atom stereocenters. The van der Waals surface area contributed by atoms with E-state index in [9.17, 15) is 19.2 Å². The lowest BCUT2D eigenvalue weighted by atomic mass is 9.94. The summed E-state index contributed by atoms with van der Waals surface area (Å²) in [5.74, 6) is -4.52. The molecule has 0 bridgehead atoms. The Kier molecular flexibility index (Phi) is 18.6. The van der Waals surface area contributed by atoms with E-state index >= 15 is 0 Å². The highest BCUT2D eigenvalue weighted by Gasteiger charge is 2.62. The Labute approximate surface area is 448 Å². The Morgan fingerprint density at radius 2 is 1.21 bits per heavy atom. The number of carbonyl (C=O) groups is 4. The summed E-state index contributed by atoms with van der Waals surface area (Å²) in [7, 11) is -0.617. The molecule has 3 aliphatic rings. The predicted octanol–water partition coefficient (Wildman–Crippen LogP) is 9.35. The van der Waals surface area contributed by atoms with Gasteiger partial charge in [0.05, 0.1) is 32.0 Å². The minimum Gasteiger partial charge on any atom is -0.497 e. The van der Waals surface area contributed by atoms with Crippen molar-refractivity contribution in [1.82, 2.24) is 5.32 Å². The van der Waals surface area contributed by atoms with Crippen molar-refractivity contribution in [1.29, 1.82) is 5.41 Å². The summed E-state index contributed by atoms with van der Waals surface area (Å²) in [6, 6.07) is 20.8. The number of ether oxygens (including phenoxy) is 10. The second-order valence-corrected chi connectivity index (χ2v) is 29.0. The molecule has 17 nitrogen and oxygen atoms in total. The van der Waals surface area contributed by atoms with Gasteiger partial charge in [-0.05, 0) is 53.0 Å². The Balaban J connectivity index is 1.58. The molecule has 3 saturated heterocycles. The molecule has 1 amide bonds. The molecule has 11 atom stereocenters. The molecule has 3 aromatic carbocycles. The van der Waals surface area contributed by atoms with E-state index in [2.05, 4.69) is 5.32 Å². The zero-order valence-electron chi connectivity index (χ0n) is 40.5. The third-order valence-corrected chi connectivity index (χ3v) is 20.2. The molecule has 0 aliphatic carbocycles. The van der Waals surface area contributed by atoms with E-state index in [0.29, 0.717) is 11.3 Å². The Morgan fingerprint density at radius 1 is 0.667 bits per heavy atom. The summed E-state index contributed by atoms with van der Waals surface area (Å²) in [6.07, 6.45) is -16.1. The maximum atomic E-state index is 14.4. The van der Waals surface area contributed by atoms with Gasteiger partial charge in [-0.25, -0.2) is 14.4 Å². The van der Waals surface area contributed by atoms with Gasteiger partial charge in [-0.3, -0.25) is 10.2 Å². The van der Waals surface area contributed by atoms with Crippen molar-refractivity contribution in [3.05, 3.63) is 102 Å². The molecule has 3 heterocycles. The topological polar surface area (TPSA) is 206 Å². The first kappa shape index (κ1) is 57.8. The molecule has 394 valence electrons. The largest absolute Gasteiger partial charge is 0.497 e. The number of hydrogen-bond donors (Lipinski definition) is 2. The van der Waals surface area contributed by atoms with Crippen LogP contribution in [0.3, 0.4) is 0 Å². The summed E-state index contributed by atoms with van der Waals surface area (Å²) >= 11 is 36.6. The molecule has 3 fully saturated rings. The fraction of sp³-hybridized carbons (Fsp3) is 0.521. The van der Waals surface area contributed by atoms with Gasteiger partial charge in [0, 0.05) is 5.56 Å². The van der Waals surface area contributed by atoms with E-state index in [1.165, 1.54) is 31.4 Å². The average Bonchev–Trinajstić information content (AvgIpc) is 3.32. The smallest absolute Gasteiger partial charge is 0.338 e. The van der Waals surface area contributed by atoms with Crippen molar-refractivity contribution in [2.24, 2.45) is 0 Å². The minimum absolute atomic E-state index is 0.0632. The molecule has 2 N–H and O–H groups in total. The number of methoxy groups -OCH3 is 2. The third-order valence-electron chi connectivity index (χ3n) is 12.7. The lowest BCUT2D eigenvalue weighted by Gasteiger charge is -2.54. The molecule has 3 aromatic rings. The van der Waals surface area contributed by atoms with E-state index in [0.717, 1.165) is 7.11 Å². The molecular formula is C48H56Cl6N2O15Si. The number of fused-ring (bicyclic) bond motifs is 1. The van der Waals surface area contributed by atoms with E-state index in [1.54, 1.807) is 60.7 Å². The van der Waals surface area contributed by atoms with Crippen molar-refractivity contribution in [3.63, 3.8) is 0 Å². The Morgan fingerprint density at radius 3 is 1.69 bits per heavy atom. The van der Waals surface area contributed by atoms with E-state index in [-0.39, 0.29) is 17.7 Å². The lowest BCUT2D eigenvalue weighted by molar-refractivity contribution is -0.369. The number of carbonyl (C=O) groups excluding carboxylic acids is 4. The second kappa shape index (κ2) is 23.2. The van der Waals surface area contributed by atoms with E-state index < -0.39 is 123 Å². The molecule has 24 heteroatoms. The van der Waals surface area contributed by atoms with Crippen LogP contribution in [0.15, 0.2) is 84.9 Å². The highest BCUT2D eigenvalue weighted by molar-refractivity contribution is 6.78. The standard InChI is InChI=1S/C48H56Cl6N2O15Si/c1-45(2,3)72(9,46(4,5)6)71-34-33(65-37(57)25-16-12-10-13-17-25)36(66-38(58)26-18-14-11-15-19-26)42(69-35(34)39(59)62-8)68-32-30(56-44(60)48(52,53)54)41(70-43(55)47(49,50)51)64-29-24-63-40(67-31(29)32)27-20-22-28(61-7)23-21-27/h10-23,29-36,40-42,55H,24H2,1-9H3,(H,56,60)/t29?,30?,31-,32+,33-,34-,35?,36?,40?,41+,42+/m0/s1. The summed E-state index contributed by atoms with van der Waals surface area (Å²) < 4.78 is 64.0. The van der Waals surface area contributed by atoms with Crippen LogP contribution in [0.5, 0.6) is 5.75 Å². The number of rotatable bonds is 13. The number of alkyl halides is 6. The van der Waals surface area contributed by atoms with Crippen LogP contribution in [-0.4, -0.2) is 128 Å². The van der Waals surface area contributed by atoms with Crippen molar-refractivity contribution in [2.75, 3.05) is 20.8 Å². The minimum atomic E-state index is -3.24. The number of benzene rings is 3. The van der Waals surface area contributed by atoms with Gasteiger partial charge in [0.15, 0.2) is 30.9 Å². The van der Waals surface area contributed by atoms with E-state index in [1.807, 2.05) is 48.1 Å². The third kappa shape index (κ3) is 13.3. The number of amides is 1. The van der Waals surface area contributed by atoms with Crippen LogP contribution in [-0.2, 0) is 56.6 Å². The number of esters is 3. The quantitative estimate of drug-likeness (QED) is 0.0409. The highest BCUT2D eigenvalue weighted by atomic mass is 35.6. The zero-order valence-corrected chi connectivity index (χ0v) is 46.1. The van der Waals surface area contributed by atoms with Gasteiger partial charge in [0.25, 0.3) is 13.5 Å². The van der Waals surface area contributed by atoms with Gasteiger partial charge in [-0.1, -0.05) is 160 Å². The lowest BCUT2D eigenvalue weighted by Crippen LogP contribution is -2.71. The fourth-order valence-corrected chi connectivity index (χ4v) is 12.4. The number of hydrogen-bond acceptors (Lipinski definition) is 16. The highest BCUT2D eigenvalue weighted by Crippen LogP contribution is 2.53. The Hall–Kier alpha value is -3.47. The zero-order chi connectivity index (χ0) is 53.1. The van der Waals surface area contributed by atoms with Crippen LogP contribution < -0.4 is 10.1 Å². The number of nitrogens with one attached hydrogen (secondary N) is 2. The fourth-order valence-electron chi connectivity index (χ4n) is 8.39. The van der Waals surface area contributed by atoms with Gasteiger partial charge < -0.3 is 57.1 Å². The molecule has 6 rings (SSSR count). The summed E-state index contributed by atoms with van der Waals surface area (Å²) in [5, 5.41) is 9.95. The predicted molar refractivity (Wildman–Crippen MR) is 269 cm³/mol. The Bertz CT molecular complexity index is 2370. The van der Waals surface area contributed by atoms with Crippen molar-refractivity contribution >= 4 is 108 Å². The number of halogens is 6. The van der Waals surface area contributed by atoms with Gasteiger partial charge in [-0.2, -0.15) is 0 Å². The van der Waals surface area contributed by atoms with Crippen LogP contribution in [0.2, 0.25) is 16.6 Å². The van der Waals surface area contributed by atoms with Gasteiger partial charge in [0.2, 0.25) is 20.5 Å². The van der Waals surface area contributed by atoms with Crippen LogP contribution in [0, 0.1) is 5.41 Å². The molecule has 3 aliphatic heterocycles. The SMILES string of the molecule is COC(=O)C1O[C@@H](O[C@@H]2C(NC(=O)C(Cl)(Cl)Cl)[C@@H](OC(=N)C(Cl)(Cl)Cl)OC3COC(c4ccc(OC)cc4)O[C@@H]32)C(OC(=O)c2ccccc2)[C@@H](OC(=O)c2ccccc2)[C@@H]1O[Si](C)(C(C)(C)C)C(C)(C)C. The van der Waals surface area contributed by atoms with Crippen molar-refractivity contribution in [3.8, 4) is 5.75 Å². The second-order valence-electron chi connectivity index (χ2n) is 19.2. The van der Waals surface area contributed by atoms with Crippen molar-refractivity contribution in [2.45, 2.75) is 133 Å². The van der Waals surface area contributed by atoms with Crippen LogP contribution in [0.1, 0.15) is 74.1 Å². The molecular weight excluding hydrogens is 1090 g/mol. The van der Waals surface area contributed by atoms with Crippen molar-refractivity contribution < 1.29 is 71.0 Å². The maximum absolute atomic E-state index is 14.4. The summed E-state index contributed by atoms with van der Waals surface area (Å²) in [4.78, 5) is 57.0. The first-order valence-corrected chi connectivity index (χ1v) is 27.1. The molecule has 0 saturated carbocycles. The van der Waals surface area contributed by atoms with Gasteiger partial charge in [0.1, 0.15) is 36.2 Å².